The number of rotatable bonds is 8. The summed E-state index contributed by atoms with van der Waals surface area (Å²) >= 11 is 0. The number of hydrogen-bond acceptors (Lipinski definition) is 3. The molecule has 0 saturated carbocycles. The van der Waals surface area contributed by atoms with Crippen LogP contribution in [0.2, 0.25) is 0 Å². The number of nitrogens with zero attached hydrogens (tertiary/aromatic N) is 1. The topological polar surface area (TPSA) is 21.7 Å². The summed E-state index contributed by atoms with van der Waals surface area (Å²) < 4.78 is 11.4. The molecule has 0 aromatic heterocycles. The monoisotopic (exact) mass is 337 g/mol. The Labute approximate surface area is 150 Å². The largest absolute Gasteiger partial charge is 0.493 e. The standard InChI is InChI=1S/C22H27NO2/c1-2-8-20(9-3-1)12-13-21-10-4-5-11-22(21)25-17-7-6-14-23-15-18-24-19-16-23/h1-5,8-13H,6-7,14-19H2/b13-12+. The Morgan fingerprint density at radius 1 is 0.880 bits per heavy atom. The van der Waals surface area contributed by atoms with Crippen LogP contribution in [0.4, 0.5) is 0 Å². The second kappa shape index (κ2) is 10.0. The number of para-hydroxylation sites is 1. The highest BCUT2D eigenvalue weighted by atomic mass is 16.5. The van der Waals surface area contributed by atoms with E-state index in [1.165, 1.54) is 12.0 Å². The molecular formula is C22H27NO2. The molecule has 1 fully saturated rings. The van der Waals surface area contributed by atoms with Crippen molar-refractivity contribution in [3.8, 4) is 5.75 Å². The molecule has 0 aliphatic carbocycles. The lowest BCUT2D eigenvalue weighted by atomic mass is 10.1. The molecule has 0 unspecified atom stereocenters. The molecule has 3 nitrogen and oxygen atoms in total. The quantitative estimate of drug-likeness (QED) is 0.528. The average Bonchev–Trinajstić information content (AvgIpc) is 2.68. The van der Waals surface area contributed by atoms with Gasteiger partial charge in [-0.2, -0.15) is 0 Å². The zero-order valence-electron chi connectivity index (χ0n) is 14.8. The Balaban J connectivity index is 1.45. The van der Waals surface area contributed by atoms with E-state index in [9.17, 15) is 0 Å². The van der Waals surface area contributed by atoms with Gasteiger partial charge in [0.2, 0.25) is 0 Å². The summed E-state index contributed by atoms with van der Waals surface area (Å²) in [5.41, 5.74) is 2.32. The highest BCUT2D eigenvalue weighted by molar-refractivity contribution is 5.72. The number of morpholine rings is 1. The van der Waals surface area contributed by atoms with E-state index in [0.717, 1.165) is 57.2 Å². The van der Waals surface area contributed by atoms with Crippen LogP contribution in [0.5, 0.6) is 5.75 Å². The van der Waals surface area contributed by atoms with E-state index in [-0.39, 0.29) is 0 Å². The van der Waals surface area contributed by atoms with Crippen molar-refractivity contribution in [2.45, 2.75) is 12.8 Å². The normalized spacial score (nSPS) is 15.5. The Bertz CT molecular complexity index is 648. The molecule has 1 aliphatic heterocycles. The van der Waals surface area contributed by atoms with Crippen LogP contribution in [0.3, 0.4) is 0 Å². The zero-order chi connectivity index (χ0) is 17.2. The van der Waals surface area contributed by atoms with Crippen molar-refractivity contribution in [3.05, 3.63) is 65.7 Å². The second-order valence-electron chi connectivity index (χ2n) is 6.29. The van der Waals surface area contributed by atoms with Gasteiger partial charge in [-0.05, 0) is 31.0 Å². The first-order valence-corrected chi connectivity index (χ1v) is 9.17. The minimum Gasteiger partial charge on any atom is -0.493 e. The number of ether oxygens (including phenoxy) is 2. The van der Waals surface area contributed by atoms with Gasteiger partial charge in [-0.25, -0.2) is 0 Å². The molecule has 132 valence electrons. The first-order chi connectivity index (χ1) is 12.4. The zero-order valence-corrected chi connectivity index (χ0v) is 14.8. The van der Waals surface area contributed by atoms with Gasteiger partial charge in [0.25, 0.3) is 0 Å². The summed E-state index contributed by atoms with van der Waals surface area (Å²) in [6.07, 6.45) is 6.50. The fourth-order valence-electron chi connectivity index (χ4n) is 2.94. The molecule has 0 radical (unpaired) electrons. The summed E-state index contributed by atoms with van der Waals surface area (Å²) in [7, 11) is 0. The maximum absolute atomic E-state index is 6.02. The van der Waals surface area contributed by atoms with Gasteiger partial charge in [-0.15, -0.1) is 0 Å². The van der Waals surface area contributed by atoms with Crippen LogP contribution in [0.15, 0.2) is 54.6 Å². The van der Waals surface area contributed by atoms with E-state index in [2.05, 4.69) is 53.5 Å². The lowest BCUT2D eigenvalue weighted by Crippen LogP contribution is -2.36. The predicted molar refractivity (Wildman–Crippen MR) is 104 cm³/mol. The average molecular weight is 337 g/mol. The van der Waals surface area contributed by atoms with Crippen LogP contribution < -0.4 is 4.74 Å². The van der Waals surface area contributed by atoms with E-state index < -0.39 is 0 Å². The molecule has 1 heterocycles. The minimum absolute atomic E-state index is 0.764. The van der Waals surface area contributed by atoms with Crippen LogP contribution in [-0.2, 0) is 4.74 Å². The maximum atomic E-state index is 6.02. The van der Waals surface area contributed by atoms with E-state index in [1.807, 2.05) is 18.2 Å². The van der Waals surface area contributed by atoms with Gasteiger partial charge in [0.05, 0.1) is 19.8 Å². The van der Waals surface area contributed by atoms with E-state index >= 15 is 0 Å². The first kappa shape index (κ1) is 17.7. The summed E-state index contributed by atoms with van der Waals surface area (Å²) in [6, 6.07) is 18.6. The maximum Gasteiger partial charge on any atom is 0.126 e. The molecule has 0 amide bonds. The van der Waals surface area contributed by atoms with Crippen LogP contribution in [0.1, 0.15) is 24.0 Å². The summed E-state index contributed by atoms with van der Waals surface area (Å²) in [5, 5.41) is 0. The molecule has 0 N–H and O–H groups in total. The Hall–Kier alpha value is -2.10. The van der Waals surface area contributed by atoms with Gasteiger partial charge < -0.3 is 9.47 Å². The smallest absolute Gasteiger partial charge is 0.126 e. The molecule has 3 rings (SSSR count). The van der Waals surface area contributed by atoms with Crippen molar-refractivity contribution in [2.75, 3.05) is 39.5 Å². The molecule has 0 bridgehead atoms. The van der Waals surface area contributed by atoms with Crippen molar-refractivity contribution in [3.63, 3.8) is 0 Å². The van der Waals surface area contributed by atoms with Crippen LogP contribution in [-0.4, -0.2) is 44.4 Å². The third-order valence-electron chi connectivity index (χ3n) is 4.40. The highest BCUT2D eigenvalue weighted by Gasteiger charge is 2.09. The molecule has 0 atom stereocenters. The number of hydrogen-bond donors (Lipinski definition) is 0. The molecule has 1 saturated heterocycles. The Morgan fingerprint density at radius 2 is 1.64 bits per heavy atom. The molecular weight excluding hydrogens is 310 g/mol. The summed E-state index contributed by atoms with van der Waals surface area (Å²) in [6.45, 7) is 5.78. The van der Waals surface area contributed by atoms with Crippen LogP contribution in [0.25, 0.3) is 12.2 Å². The van der Waals surface area contributed by atoms with E-state index in [0.29, 0.717) is 0 Å². The van der Waals surface area contributed by atoms with E-state index in [1.54, 1.807) is 0 Å². The molecule has 1 aliphatic rings. The molecule has 0 spiro atoms. The second-order valence-corrected chi connectivity index (χ2v) is 6.29. The van der Waals surface area contributed by atoms with E-state index in [4.69, 9.17) is 9.47 Å². The lowest BCUT2D eigenvalue weighted by molar-refractivity contribution is 0.0368. The summed E-state index contributed by atoms with van der Waals surface area (Å²) in [4.78, 5) is 2.47. The van der Waals surface area contributed by atoms with Crippen molar-refractivity contribution in [1.82, 2.24) is 4.90 Å². The SMILES string of the molecule is C(=C\c1ccccc1OCCCCN1CCOCC1)/c1ccccc1. The van der Waals surface area contributed by atoms with Gasteiger partial charge in [0.1, 0.15) is 5.75 Å². The molecule has 25 heavy (non-hydrogen) atoms. The fourth-order valence-corrected chi connectivity index (χ4v) is 2.94. The fraction of sp³-hybridized carbons (Fsp3) is 0.364. The third-order valence-corrected chi connectivity index (χ3v) is 4.40. The molecule has 2 aromatic rings. The summed E-state index contributed by atoms with van der Waals surface area (Å²) in [5.74, 6) is 0.959. The van der Waals surface area contributed by atoms with Crippen molar-refractivity contribution in [2.24, 2.45) is 0 Å². The lowest BCUT2D eigenvalue weighted by Gasteiger charge is -2.26. The number of unbranched alkanes of at least 4 members (excludes halogenated alkanes) is 1. The van der Waals surface area contributed by atoms with Crippen molar-refractivity contribution >= 4 is 12.2 Å². The Kier molecular flexibility index (Phi) is 7.10. The van der Waals surface area contributed by atoms with Gasteiger partial charge in [0, 0.05) is 18.7 Å². The Morgan fingerprint density at radius 3 is 2.48 bits per heavy atom. The predicted octanol–water partition coefficient (Wildman–Crippen LogP) is 4.35. The van der Waals surface area contributed by atoms with Gasteiger partial charge >= 0.3 is 0 Å². The van der Waals surface area contributed by atoms with Crippen molar-refractivity contribution < 1.29 is 9.47 Å². The van der Waals surface area contributed by atoms with Gasteiger partial charge in [0.15, 0.2) is 0 Å². The minimum atomic E-state index is 0.764. The van der Waals surface area contributed by atoms with Crippen LogP contribution in [0, 0.1) is 0 Å². The highest BCUT2D eigenvalue weighted by Crippen LogP contribution is 2.21. The number of benzene rings is 2. The third kappa shape index (κ3) is 6.04. The first-order valence-electron chi connectivity index (χ1n) is 9.17. The van der Waals surface area contributed by atoms with Gasteiger partial charge in [-0.1, -0.05) is 60.7 Å². The molecule has 2 aromatic carbocycles. The van der Waals surface area contributed by atoms with Crippen molar-refractivity contribution in [1.29, 1.82) is 0 Å². The van der Waals surface area contributed by atoms with Gasteiger partial charge in [-0.3, -0.25) is 4.90 Å². The molecule has 3 heteroatoms. The van der Waals surface area contributed by atoms with Crippen LogP contribution >= 0.6 is 0 Å².